The van der Waals surface area contributed by atoms with Crippen LogP contribution in [0.3, 0.4) is 0 Å². The first-order valence-corrected chi connectivity index (χ1v) is 8.00. The fourth-order valence-corrected chi connectivity index (χ4v) is 1.88. The average Bonchev–Trinajstić information content (AvgIpc) is 1.95. The van der Waals surface area contributed by atoms with Gasteiger partial charge in [0.25, 0.3) is 0 Å². The molecule has 0 aromatic heterocycles. The van der Waals surface area contributed by atoms with Crippen molar-refractivity contribution in [2.45, 2.75) is 51.7 Å². The van der Waals surface area contributed by atoms with Crippen LogP contribution in [0.1, 0.15) is 33.6 Å². The van der Waals surface area contributed by atoms with Gasteiger partial charge in [0, 0.05) is 13.0 Å². The molecule has 0 spiro atoms. The smallest absolute Gasteiger partial charge is 0.217 e. The molecule has 0 fully saturated rings. The molecule has 0 radical (unpaired) electrons. The number of nitrogens with two attached hydrogens (primary N) is 1. The number of primary amides is 1. The lowest BCUT2D eigenvalue weighted by molar-refractivity contribution is -0.118. The van der Waals surface area contributed by atoms with Gasteiger partial charge >= 0.3 is 0 Å². The maximum atomic E-state index is 10.5. The van der Waals surface area contributed by atoms with Crippen LogP contribution in [0.5, 0.6) is 0 Å². The zero-order valence-corrected chi connectivity index (χ0v) is 11.0. The van der Waals surface area contributed by atoms with E-state index in [4.69, 9.17) is 10.2 Å². The van der Waals surface area contributed by atoms with Gasteiger partial charge in [0.05, 0.1) is 0 Å². The topological polar surface area (TPSA) is 52.3 Å². The number of carbonyl (C=O) groups excluding carboxylic acids is 1. The number of hydrogen-bond acceptors (Lipinski definition) is 2. The molecule has 0 atom stereocenters. The predicted molar refractivity (Wildman–Crippen MR) is 61.6 cm³/mol. The SMILES string of the molecule is CC(C)(C)[Si](C)(C)OCCCC(N)=O. The Labute approximate surface area is 88.1 Å². The average molecular weight is 217 g/mol. The van der Waals surface area contributed by atoms with Crippen LogP contribution in [0.2, 0.25) is 18.1 Å². The van der Waals surface area contributed by atoms with E-state index >= 15 is 0 Å². The van der Waals surface area contributed by atoms with Gasteiger partial charge in [-0.3, -0.25) is 4.79 Å². The van der Waals surface area contributed by atoms with E-state index in [9.17, 15) is 4.79 Å². The van der Waals surface area contributed by atoms with Crippen molar-refractivity contribution >= 4 is 14.2 Å². The zero-order valence-electron chi connectivity index (χ0n) is 10.0. The molecular weight excluding hydrogens is 194 g/mol. The van der Waals surface area contributed by atoms with Gasteiger partial charge in [-0.15, -0.1) is 0 Å². The third-order valence-electron chi connectivity index (χ3n) is 2.84. The molecule has 0 unspecified atom stereocenters. The Morgan fingerprint density at radius 1 is 1.36 bits per heavy atom. The Morgan fingerprint density at radius 3 is 2.21 bits per heavy atom. The summed E-state index contributed by atoms with van der Waals surface area (Å²) in [4.78, 5) is 10.5. The van der Waals surface area contributed by atoms with Crippen LogP contribution in [0.15, 0.2) is 0 Å². The first kappa shape index (κ1) is 13.6. The van der Waals surface area contributed by atoms with Crippen LogP contribution < -0.4 is 5.73 Å². The molecule has 0 bridgehead atoms. The van der Waals surface area contributed by atoms with Gasteiger partial charge in [0.1, 0.15) is 0 Å². The molecule has 14 heavy (non-hydrogen) atoms. The van der Waals surface area contributed by atoms with E-state index in [1.807, 2.05) is 0 Å². The number of rotatable bonds is 5. The van der Waals surface area contributed by atoms with Crippen molar-refractivity contribution in [1.82, 2.24) is 0 Å². The molecule has 2 N–H and O–H groups in total. The van der Waals surface area contributed by atoms with Crippen LogP contribution in [-0.2, 0) is 9.22 Å². The standard InChI is InChI=1S/C10H23NO2Si/c1-10(2,3)14(4,5)13-8-6-7-9(11)12/h6-8H2,1-5H3,(H2,11,12). The number of amides is 1. The lowest BCUT2D eigenvalue weighted by atomic mass is 10.2. The molecule has 3 nitrogen and oxygen atoms in total. The van der Waals surface area contributed by atoms with Crippen molar-refractivity contribution in [3.8, 4) is 0 Å². The van der Waals surface area contributed by atoms with E-state index in [0.717, 1.165) is 6.42 Å². The maximum Gasteiger partial charge on any atom is 0.217 e. The van der Waals surface area contributed by atoms with Crippen LogP contribution in [0.25, 0.3) is 0 Å². The fraction of sp³-hybridized carbons (Fsp3) is 0.900. The summed E-state index contributed by atoms with van der Waals surface area (Å²) < 4.78 is 5.88. The summed E-state index contributed by atoms with van der Waals surface area (Å²) in [7, 11) is -1.63. The Balaban J connectivity index is 3.83. The third kappa shape index (κ3) is 4.76. The molecule has 0 saturated carbocycles. The predicted octanol–water partition coefficient (Wildman–Crippen LogP) is 2.27. The summed E-state index contributed by atoms with van der Waals surface area (Å²) in [5.74, 6) is -0.246. The van der Waals surface area contributed by atoms with Crippen molar-refractivity contribution < 1.29 is 9.22 Å². The molecule has 0 aromatic rings. The quantitative estimate of drug-likeness (QED) is 0.567. The van der Waals surface area contributed by atoms with Gasteiger partial charge in [-0.05, 0) is 24.6 Å². The molecule has 0 aliphatic heterocycles. The van der Waals surface area contributed by atoms with Crippen LogP contribution >= 0.6 is 0 Å². The maximum absolute atomic E-state index is 10.5. The molecule has 4 heteroatoms. The van der Waals surface area contributed by atoms with E-state index < -0.39 is 8.32 Å². The minimum absolute atomic E-state index is 0.236. The minimum Gasteiger partial charge on any atom is -0.417 e. The summed E-state index contributed by atoms with van der Waals surface area (Å²) in [5, 5.41) is 0.236. The Morgan fingerprint density at radius 2 is 1.86 bits per heavy atom. The van der Waals surface area contributed by atoms with Crippen molar-refractivity contribution in [2.75, 3.05) is 6.61 Å². The summed E-state index contributed by atoms with van der Waals surface area (Å²) in [5.41, 5.74) is 5.04. The van der Waals surface area contributed by atoms with Crippen LogP contribution in [-0.4, -0.2) is 20.8 Å². The van der Waals surface area contributed by atoms with Gasteiger partial charge in [-0.1, -0.05) is 20.8 Å². The molecule has 84 valence electrons. The molecule has 1 amide bonds. The first-order valence-electron chi connectivity index (χ1n) is 5.09. The summed E-state index contributed by atoms with van der Waals surface area (Å²) in [6, 6.07) is 0. The third-order valence-corrected chi connectivity index (χ3v) is 7.37. The van der Waals surface area contributed by atoms with Crippen molar-refractivity contribution in [2.24, 2.45) is 5.73 Å². The highest BCUT2D eigenvalue weighted by Crippen LogP contribution is 2.36. The van der Waals surface area contributed by atoms with E-state index in [2.05, 4.69) is 33.9 Å². The molecular formula is C10H23NO2Si. The highest BCUT2D eigenvalue weighted by Gasteiger charge is 2.36. The van der Waals surface area contributed by atoms with Crippen LogP contribution in [0, 0.1) is 0 Å². The Kier molecular flexibility index (Phi) is 4.81. The molecule has 0 aliphatic carbocycles. The summed E-state index contributed by atoms with van der Waals surface area (Å²) >= 11 is 0. The van der Waals surface area contributed by atoms with Crippen molar-refractivity contribution in [1.29, 1.82) is 0 Å². The van der Waals surface area contributed by atoms with Gasteiger partial charge in [-0.25, -0.2) is 0 Å². The number of hydrogen-bond donors (Lipinski definition) is 1. The largest absolute Gasteiger partial charge is 0.417 e. The molecule has 0 rings (SSSR count). The molecule has 0 saturated heterocycles. The van der Waals surface area contributed by atoms with E-state index in [-0.39, 0.29) is 10.9 Å². The van der Waals surface area contributed by atoms with Crippen LogP contribution in [0.4, 0.5) is 0 Å². The lowest BCUT2D eigenvalue weighted by Gasteiger charge is -2.36. The normalized spacial score (nSPS) is 12.9. The van der Waals surface area contributed by atoms with Gasteiger partial charge in [-0.2, -0.15) is 0 Å². The van der Waals surface area contributed by atoms with E-state index in [1.165, 1.54) is 0 Å². The van der Waals surface area contributed by atoms with Gasteiger partial charge in [0.2, 0.25) is 5.91 Å². The van der Waals surface area contributed by atoms with E-state index in [0.29, 0.717) is 13.0 Å². The van der Waals surface area contributed by atoms with Crippen molar-refractivity contribution in [3.63, 3.8) is 0 Å². The molecule has 0 aliphatic rings. The first-order chi connectivity index (χ1) is 6.17. The monoisotopic (exact) mass is 217 g/mol. The second-order valence-corrected chi connectivity index (χ2v) is 9.99. The highest BCUT2D eigenvalue weighted by molar-refractivity contribution is 6.74. The van der Waals surface area contributed by atoms with E-state index in [1.54, 1.807) is 0 Å². The molecule has 0 aromatic carbocycles. The summed E-state index contributed by atoms with van der Waals surface area (Å²) in [6.45, 7) is 11.7. The van der Waals surface area contributed by atoms with Gasteiger partial charge in [0.15, 0.2) is 8.32 Å². The molecule has 0 heterocycles. The summed E-state index contributed by atoms with van der Waals surface area (Å²) in [6.07, 6.45) is 1.16. The Hall–Kier alpha value is -0.353. The second-order valence-electron chi connectivity index (χ2n) is 5.18. The minimum atomic E-state index is -1.63. The van der Waals surface area contributed by atoms with Crippen molar-refractivity contribution in [3.05, 3.63) is 0 Å². The fourth-order valence-electron chi connectivity index (χ4n) is 0.790. The number of carbonyl (C=O) groups is 1. The van der Waals surface area contributed by atoms with Gasteiger partial charge < -0.3 is 10.2 Å². The lowest BCUT2D eigenvalue weighted by Crippen LogP contribution is -2.41. The zero-order chi connectivity index (χ0) is 11.4. The highest BCUT2D eigenvalue weighted by atomic mass is 28.4. The Bertz CT molecular complexity index is 197. The second kappa shape index (κ2) is 4.93.